The van der Waals surface area contributed by atoms with Crippen molar-refractivity contribution in [3.05, 3.63) is 36.0 Å². The summed E-state index contributed by atoms with van der Waals surface area (Å²) in [4.78, 5) is 13.3. The van der Waals surface area contributed by atoms with Crippen molar-refractivity contribution in [1.29, 1.82) is 0 Å². The number of hydrogen-bond donors (Lipinski definition) is 2. The maximum Gasteiger partial charge on any atom is 0.352 e. The molecule has 1 aliphatic carbocycles. The molecule has 2 N–H and O–H groups in total. The summed E-state index contributed by atoms with van der Waals surface area (Å²) < 4.78 is 0. The van der Waals surface area contributed by atoms with Crippen LogP contribution in [0.25, 0.3) is 11.3 Å². The molecule has 2 rings (SSSR count). The Balaban J connectivity index is 2.62. The van der Waals surface area contributed by atoms with Gasteiger partial charge in [-0.15, -0.1) is 0 Å². The van der Waals surface area contributed by atoms with Gasteiger partial charge in [0.2, 0.25) is 0 Å². The second-order valence-corrected chi connectivity index (χ2v) is 2.57. The van der Waals surface area contributed by atoms with Crippen molar-refractivity contribution < 1.29 is 9.90 Å². The van der Waals surface area contributed by atoms with Gasteiger partial charge in [-0.2, -0.15) is 0 Å². The monoisotopic (exact) mass is 161 g/mol. The molecule has 0 unspecified atom stereocenters. The minimum Gasteiger partial charge on any atom is -0.477 e. The lowest BCUT2D eigenvalue weighted by atomic mass is 10.2. The first-order valence-electron chi connectivity index (χ1n) is 3.58. The number of carbonyl (C=O) groups is 1. The van der Waals surface area contributed by atoms with Crippen LogP contribution in [-0.4, -0.2) is 16.1 Å². The van der Waals surface area contributed by atoms with Gasteiger partial charge >= 0.3 is 5.97 Å². The average Bonchev–Trinajstić information content (AvgIpc) is 2.49. The van der Waals surface area contributed by atoms with E-state index in [1.807, 2.05) is 18.2 Å². The van der Waals surface area contributed by atoms with E-state index in [1.54, 1.807) is 12.1 Å². The predicted molar refractivity (Wildman–Crippen MR) is 44.4 cm³/mol. The van der Waals surface area contributed by atoms with Gasteiger partial charge in [-0.05, 0) is 17.7 Å². The van der Waals surface area contributed by atoms with E-state index in [2.05, 4.69) is 4.98 Å². The molecule has 0 atom stereocenters. The van der Waals surface area contributed by atoms with Gasteiger partial charge in [0.05, 0.1) is 0 Å². The van der Waals surface area contributed by atoms with Crippen molar-refractivity contribution in [2.45, 2.75) is 0 Å². The van der Waals surface area contributed by atoms with E-state index in [0.29, 0.717) is 0 Å². The first kappa shape index (κ1) is 6.91. The van der Waals surface area contributed by atoms with Gasteiger partial charge in [0, 0.05) is 5.69 Å². The lowest BCUT2D eigenvalue weighted by molar-refractivity contribution is 0.0690. The Hall–Kier alpha value is -1.77. The van der Waals surface area contributed by atoms with Crippen LogP contribution in [0.15, 0.2) is 30.3 Å². The summed E-state index contributed by atoms with van der Waals surface area (Å²) >= 11 is 0. The Morgan fingerprint density at radius 1 is 1.25 bits per heavy atom. The second kappa shape index (κ2) is 2.37. The third-order valence-electron chi connectivity index (χ3n) is 1.78. The minimum absolute atomic E-state index is 0.216. The summed E-state index contributed by atoms with van der Waals surface area (Å²) in [6, 6.07) is 9.01. The number of pyridine rings is 1. The fourth-order valence-corrected chi connectivity index (χ4v) is 1.18. The fourth-order valence-electron chi connectivity index (χ4n) is 1.18. The number of aromatic amines is 1. The largest absolute Gasteiger partial charge is 0.477 e. The maximum absolute atomic E-state index is 10.5. The Labute approximate surface area is 69.0 Å². The zero-order chi connectivity index (χ0) is 8.55. The summed E-state index contributed by atoms with van der Waals surface area (Å²) in [5.74, 6) is -0.932. The molecule has 0 fully saturated rings. The Kier molecular flexibility index (Phi) is 1.37. The first-order chi connectivity index (χ1) is 5.77. The van der Waals surface area contributed by atoms with Gasteiger partial charge in [-0.1, -0.05) is 18.2 Å². The molecule has 2 aliphatic rings. The summed E-state index contributed by atoms with van der Waals surface area (Å²) in [7, 11) is 0. The SMILES string of the molecule is O=C(O)c1ccc2cccc-2[nH]1. The summed E-state index contributed by atoms with van der Waals surface area (Å²) in [6.07, 6.45) is 0. The number of carboxylic acids is 1. The number of hydrogen-bond acceptors (Lipinski definition) is 1. The third kappa shape index (κ3) is 0.955. The van der Waals surface area contributed by atoms with Gasteiger partial charge < -0.3 is 10.1 Å². The van der Waals surface area contributed by atoms with Crippen LogP contribution in [0.4, 0.5) is 0 Å². The van der Waals surface area contributed by atoms with Crippen LogP contribution in [0, 0.1) is 0 Å². The number of carboxylic acid groups (broad SMARTS) is 1. The van der Waals surface area contributed by atoms with E-state index in [9.17, 15) is 4.79 Å². The molecule has 0 aromatic heterocycles. The second-order valence-electron chi connectivity index (χ2n) is 2.57. The summed E-state index contributed by atoms with van der Waals surface area (Å²) in [5.41, 5.74) is 2.10. The lowest BCUT2D eigenvalue weighted by Crippen LogP contribution is -2.00. The van der Waals surface area contributed by atoms with Crippen molar-refractivity contribution in [2.75, 3.05) is 0 Å². The number of aromatic nitrogens is 1. The zero-order valence-corrected chi connectivity index (χ0v) is 6.24. The van der Waals surface area contributed by atoms with E-state index in [4.69, 9.17) is 5.11 Å². The lowest BCUT2D eigenvalue weighted by Gasteiger charge is -2.00. The van der Waals surface area contributed by atoms with Gasteiger partial charge in [0.25, 0.3) is 0 Å². The molecular weight excluding hydrogens is 154 g/mol. The van der Waals surface area contributed by atoms with Crippen LogP contribution in [0.3, 0.4) is 0 Å². The Morgan fingerprint density at radius 3 is 2.83 bits per heavy atom. The zero-order valence-electron chi connectivity index (χ0n) is 6.24. The molecule has 0 bridgehead atoms. The first-order valence-corrected chi connectivity index (χ1v) is 3.58. The van der Waals surface area contributed by atoms with Crippen LogP contribution in [0.1, 0.15) is 10.5 Å². The number of aromatic carboxylic acids is 1. The predicted octanol–water partition coefficient (Wildman–Crippen LogP) is 1.82. The van der Waals surface area contributed by atoms with Gasteiger partial charge in [0.15, 0.2) is 0 Å². The Bertz CT molecular complexity index is 392. The molecule has 12 heavy (non-hydrogen) atoms. The van der Waals surface area contributed by atoms with E-state index in [0.717, 1.165) is 11.3 Å². The molecular formula is C9H7NO2. The highest BCUT2D eigenvalue weighted by Crippen LogP contribution is 2.20. The third-order valence-corrected chi connectivity index (χ3v) is 1.78. The Morgan fingerprint density at radius 2 is 2.08 bits per heavy atom. The van der Waals surface area contributed by atoms with Crippen molar-refractivity contribution in [3.8, 4) is 11.3 Å². The molecule has 1 heterocycles. The molecule has 3 heteroatoms. The van der Waals surface area contributed by atoms with Crippen LogP contribution >= 0.6 is 0 Å². The quantitative estimate of drug-likeness (QED) is 0.670. The molecule has 60 valence electrons. The van der Waals surface area contributed by atoms with Crippen molar-refractivity contribution >= 4 is 5.97 Å². The molecule has 0 saturated carbocycles. The van der Waals surface area contributed by atoms with Crippen molar-refractivity contribution in [3.63, 3.8) is 0 Å². The normalized spacial score (nSPS) is 10.3. The van der Waals surface area contributed by atoms with Gasteiger partial charge in [-0.25, -0.2) is 4.79 Å². The number of rotatable bonds is 1. The molecule has 0 saturated heterocycles. The topological polar surface area (TPSA) is 53.1 Å². The van der Waals surface area contributed by atoms with Crippen LogP contribution in [0.2, 0.25) is 0 Å². The van der Waals surface area contributed by atoms with E-state index in [-0.39, 0.29) is 5.69 Å². The van der Waals surface area contributed by atoms with E-state index < -0.39 is 5.97 Å². The maximum atomic E-state index is 10.5. The minimum atomic E-state index is -0.932. The highest BCUT2D eigenvalue weighted by molar-refractivity contribution is 5.86. The molecule has 0 radical (unpaired) electrons. The highest BCUT2D eigenvalue weighted by Gasteiger charge is 2.06. The standard InChI is InChI=1S/C9H7NO2/c11-9(12)8-5-4-6-2-1-3-7(6)10-8/h1-5,10H,(H,11,12). The smallest absolute Gasteiger partial charge is 0.352 e. The molecule has 0 amide bonds. The van der Waals surface area contributed by atoms with Crippen molar-refractivity contribution in [1.82, 2.24) is 4.98 Å². The average molecular weight is 161 g/mol. The summed E-state index contributed by atoms with van der Waals surface area (Å²) in [5, 5.41) is 8.65. The number of nitrogens with one attached hydrogen (secondary N) is 1. The highest BCUT2D eigenvalue weighted by atomic mass is 16.4. The van der Waals surface area contributed by atoms with Crippen molar-refractivity contribution in [2.24, 2.45) is 0 Å². The van der Waals surface area contributed by atoms with E-state index >= 15 is 0 Å². The van der Waals surface area contributed by atoms with Gasteiger partial charge in [0.1, 0.15) is 5.69 Å². The molecule has 3 nitrogen and oxygen atoms in total. The van der Waals surface area contributed by atoms with Crippen LogP contribution < -0.4 is 0 Å². The van der Waals surface area contributed by atoms with Gasteiger partial charge in [-0.3, -0.25) is 0 Å². The van der Waals surface area contributed by atoms with E-state index in [1.165, 1.54) is 0 Å². The number of fused-ring (bicyclic) bond motifs is 1. The molecule has 0 aromatic rings. The summed E-state index contributed by atoms with van der Waals surface area (Å²) in [6.45, 7) is 0. The number of H-pyrrole nitrogens is 1. The van der Waals surface area contributed by atoms with Crippen LogP contribution in [0.5, 0.6) is 0 Å². The molecule has 0 aromatic carbocycles. The fraction of sp³-hybridized carbons (Fsp3) is 0. The van der Waals surface area contributed by atoms with Crippen LogP contribution in [-0.2, 0) is 0 Å². The molecule has 0 spiro atoms. The molecule has 1 aliphatic heterocycles.